The lowest BCUT2D eigenvalue weighted by Crippen LogP contribution is -2.81. The van der Waals surface area contributed by atoms with Crippen LogP contribution in [0.2, 0.25) is 0 Å². The molecule has 2 saturated heterocycles. The quantitative estimate of drug-likeness (QED) is 0.177. The number of anilines is 2. The van der Waals surface area contributed by atoms with E-state index in [9.17, 15) is 19.5 Å². The van der Waals surface area contributed by atoms with E-state index in [1.54, 1.807) is 25.1 Å². The van der Waals surface area contributed by atoms with Crippen molar-refractivity contribution in [2.45, 2.75) is 92.7 Å². The van der Waals surface area contributed by atoms with Crippen molar-refractivity contribution < 1.29 is 47.2 Å². The highest BCUT2D eigenvalue weighted by atomic mass is 19.3. The van der Waals surface area contributed by atoms with Gasteiger partial charge in [-0.25, -0.2) is 13.6 Å². The Morgan fingerprint density at radius 1 is 1.03 bits per heavy atom. The minimum atomic E-state index is -3.29. The molecule has 2 saturated carbocycles. The number of alkyl halides is 2. The van der Waals surface area contributed by atoms with Crippen molar-refractivity contribution in [3.05, 3.63) is 65.2 Å². The zero-order valence-electron chi connectivity index (χ0n) is 33.8. The number of carbonyl (C=O) groups is 3. The molecule has 5 aliphatic heterocycles. The van der Waals surface area contributed by atoms with Gasteiger partial charge in [0.2, 0.25) is 5.60 Å². The van der Waals surface area contributed by atoms with Crippen LogP contribution < -0.4 is 15.4 Å². The molecule has 9 rings (SSSR count). The van der Waals surface area contributed by atoms with Gasteiger partial charge in [-0.2, -0.15) is 0 Å². The number of aliphatic hydroxyl groups is 1. The van der Waals surface area contributed by atoms with Gasteiger partial charge in [0.05, 0.1) is 39.8 Å². The molecule has 3 N–H and O–H groups in total. The number of halogens is 2. The Kier molecular flexibility index (Phi) is 8.72. The maximum atomic E-state index is 18.3. The molecule has 4 fully saturated rings. The van der Waals surface area contributed by atoms with E-state index in [1.165, 1.54) is 21.1 Å². The van der Waals surface area contributed by atoms with E-state index in [2.05, 4.69) is 4.90 Å². The molecular weight excluding hydrogens is 751 g/mol. The van der Waals surface area contributed by atoms with Crippen LogP contribution in [-0.2, 0) is 34.0 Å². The Bertz CT molecular complexity index is 2160. The molecule has 1 spiro atoms. The Morgan fingerprint density at radius 2 is 1.79 bits per heavy atom. The molecule has 7 aliphatic rings. The lowest BCUT2D eigenvalue weighted by atomic mass is 9.47. The second-order valence-corrected chi connectivity index (χ2v) is 17.7. The van der Waals surface area contributed by atoms with Gasteiger partial charge in [-0.05, 0) is 60.9 Å². The van der Waals surface area contributed by atoms with Gasteiger partial charge >= 0.3 is 17.9 Å². The summed E-state index contributed by atoms with van der Waals surface area (Å²) in [5, 5.41) is 13.3. The first-order chi connectivity index (χ1) is 27.6. The molecule has 2 aromatic carbocycles. The van der Waals surface area contributed by atoms with E-state index in [-0.39, 0.29) is 51.2 Å². The highest BCUT2D eigenvalue weighted by molar-refractivity contribution is 5.91. The predicted molar refractivity (Wildman–Crippen MR) is 211 cm³/mol. The first-order valence-corrected chi connectivity index (χ1v) is 20.2. The maximum absolute atomic E-state index is 18.3. The highest BCUT2D eigenvalue weighted by Crippen LogP contribution is 2.71. The van der Waals surface area contributed by atoms with E-state index in [0.29, 0.717) is 34.7 Å². The second kappa shape index (κ2) is 13.0. The number of likely N-dealkylation sites (N-methyl/N-ethyl adjacent to an activating group) is 1. The number of hydrogen-bond donors (Lipinski definition) is 2. The average Bonchev–Trinajstić information content (AvgIpc) is 3.72. The molecule has 12 nitrogen and oxygen atoms in total. The van der Waals surface area contributed by atoms with Crippen LogP contribution in [-0.4, -0.2) is 122 Å². The molecule has 58 heavy (non-hydrogen) atoms. The van der Waals surface area contributed by atoms with Gasteiger partial charge < -0.3 is 34.7 Å². The molecule has 0 radical (unpaired) electrons. The zero-order chi connectivity index (χ0) is 41.3. The fourth-order valence-corrected chi connectivity index (χ4v) is 13.0. The number of ether oxygens (including phenoxy) is 4. The summed E-state index contributed by atoms with van der Waals surface area (Å²) in [6.45, 7) is 3.53. The van der Waals surface area contributed by atoms with Gasteiger partial charge in [0, 0.05) is 90.5 Å². The van der Waals surface area contributed by atoms with Gasteiger partial charge in [-0.15, -0.1) is 0 Å². The minimum absolute atomic E-state index is 0.00676. The summed E-state index contributed by atoms with van der Waals surface area (Å²) in [5.41, 5.74) is 4.84. The number of para-hydroxylation sites is 1. The molecular formula is C44H52F2N4O8. The monoisotopic (exact) mass is 802 g/mol. The molecule has 6 bridgehead atoms. The van der Waals surface area contributed by atoms with Crippen LogP contribution in [0.25, 0.3) is 11.6 Å². The number of nitrogens with zero attached hydrogens (tertiary/aromatic N) is 3. The molecule has 2 aromatic rings. The third kappa shape index (κ3) is 4.91. The van der Waals surface area contributed by atoms with E-state index in [1.807, 2.05) is 60.4 Å². The Morgan fingerprint density at radius 3 is 2.47 bits per heavy atom. The Hall–Kier alpha value is -4.53. The lowest BCUT2D eigenvalue weighted by Gasteiger charge is -2.63. The van der Waals surface area contributed by atoms with Crippen LogP contribution in [0.5, 0.6) is 5.75 Å². The molecule has 14 heteroatoms. The summed E-state index contributed by atoms with van der Waals surface area (Å²) in [6.07, 6.45) is 5.21. The van der Waals surface area contributed by atoms with Crippen LogP contribution in [0.3, 0.4) is 0 Å². The number of rotatable bonds is 7. The van der Waals surface area contributed by atoms with E-state index < -0.39 is 75.9 Å². The number of esters is 3. The van der Waals surface area contributed by atoms with Crippen molar-refractivity contribution in [2.24, 2.45) is 17.3 Å². The lowest BCUT2D eigenvalue weighted by molar-refractivity contribution is -0.230. The summed E-state index contributed by atoms with van der Waals surface area (Å²) in [5.74, 6) is -6.23. The smallest absolute Gasteiger partial charge is 0.344 e. The minimum Gasteiger partial charge on any atom is -0.496 e. The van der Waals surface area contributed by atoms with E-state index in [4.69, 9.17) is 24.7 Å². The SMILES string of the molecule is CC[C@]12C=CCN3C4C[C@@]5(c6cc(c(OC)cc6N(C)[C@H]5C(O)(C(=O)OC)[C@@H]1OC(C)=O)/C=C(/c1ccccc1N)CN1CC(CC5CC51CC(=O)OC)C4(F)F)C32. The third-order valence-corrected chi connectivity index (χ3v) is 15.3. The fourth-order valence-electron chi connectivity index (χ4n) is 13.0. The summed E-state index contributed by atoms with van der Waals surface area (Å²) >= 11 is 0. The second-order valence-electron chi connectivity index (χ2n) is 17.7. The van der Waals surface area contributed by atoms with Gasteiger partial charge in [0.1, 0.15) is 5.75 Å². The van der Waals surface area contributed by atoms with Crippen molar-refractivity contribution in [1.82, 2.24) is 9.80 Å². The van der Waals surface area contributed by atoms with Gasteiger partial charge in [-0.3, -0.25) is 19.4 Å². The Labute approximate surface area is 336 Å². The normalized spacial score (nSPS) is 39.5. The number of fused-ring (bicyclic) bond motifs is 7. The first-order valence-electron chi connectivity index (χ1n) is 20.2. The van der Waals surface area contributed by atoms with Crippen LogP contribution in [0.4, 0.5) is 20.2 Å². The number of nitrogens with two attached hydrogens (primary N) is 1. The van der Waals surface area contributed by atoms with Crippen LogP contribution in [0.15, 0.2) is 48.6 Å². The maximum Gasteiger partial charge on any atom is 0.344 e. The third-order valence-electron chi connectivity index (χ3n) is 15.3. The molecule has 7 unspecified atom stereocenters. The van der Waals surface area contributed by atoms with Crippen LogP contribution >= 0.6 is 0 Å². The number of methoxy groups -OCH3 is 3. The van der Waals surface area contributed by atoms with Crippen molar-refractivity contribution in [2.75, 3.05) is 58.6 Å². The Balaban J connectivity index is 1.37. The number of carbonyl (C=O) groups excluding carboxylic acids is 3. The molecule has 5 heterocycles. The van der Waals surface area contributed by atoms with Gasteiger partial charge in [0.25, 0.3) is 5.92 Å². The van der Waals surface area contributed by atoms with E-state index in [0.717, 1.165) is 11.1 Å². The largest absolute Gasteiger partial charge is 0.496 e. The standard InChI is InChI=1S/C44H52F2N4O8/c1-7-40-13-10-14-50-34-20-42(36(40)50)30-16-25(33(55-4)18-32(30)48(3)37(42)43(54,39(53)57-6)38(40)58-24(2)51)15-26(29-11-8-9-12-31(29)47)22-49-23-28(44(34,45)46)17-27-19-41(27,49)21-35(52)56-5/h8-13,15-16,18,27-28,34,36-38,54H,7,14,17,19-23,47H2,1-6H3/b26-15+/t27?,28?,34?,36?,37-,38-,40-,41?,42-,43?/m1/s1. The molecule has 0 amide bonds. The average molecular weight is 803 g/mol. The summed E-state index contributed by atoms with van der Waals surface area (Å²) < 4.78 is 59.3. The molecule has 0 aromatic heterocycles. The molecule has 310 valence electrons. The molecule has 2 aliphatic carbocycles. The highest BCUT2D eigenvalue weighted by Gasteiger charge is 2.83. The van der Waals surface area contributed by atoms with Crippen molar-refractivity contribution in [3.63, 3.8) is 0 Å². The van der Waals surface area contributed by atoms with Gasteiger partial charge in [0.15, 0.2) is 6.10 Å². The van der Waals surface area contributed by atoms with Crippen molar-refractivity contribution in [3.8, 4) is 5.75 Å². The van der Waals surface area contributed by atoms with Crippen LogP contribution in [0, 0.1) is 17.3 Å². The number of nitrogen functional groups attached to an aromatic ring is 1. The van der Waals surface area contributed by atoms with Crippen molar-refractivity contribution in [1.29, 1.82) is 0 Å². The summed E-state index contributed by atoms with van der Waals surface area (Å²) in [6, 6.07) is 7.97. The predicted octanol–water partition coefficient (Wildman–Crippen LogP) is 4.43. The fraction of sp³-hybridized carbons (Fsp3) is 0.568. The number of hydrogen-bond acceptors (Lipinski definition) is 12. The summed E-state index contributed by atoms with van der Waals surface area (Å²) in [7, 11) is 5.82. The van der Waals surface area contributed by atoms with Gasteiger partial charge in [-0.1, -0.05) is 37.3 Å². The summed E-state index contributed by atoms with van der Waals surface area (Å²) in [4.78, 5) is 46.1. The van der Waals surface area contributed by atoms with E-state index >= 15 is 8.78 Å². The zero-order valence-corrected chi connectivity index (χ0v) is 33.8. The number of benzene rings is 2. The van der Waals surface area contributed by atoms with Crippen molar-refractivity contribution >= 4 is 40.9 Å². The molecule has 11 atom stereocenters. The first kappa shape index (κ1) is 39.0. The number of piperidine rings is 1. The van der Waals surface area contributed by atoms with Crippen LogP contribution in [0.1, 0.15) is 62.6 Å². The topological polar surface area (TPSA) is 144 Å².